The number of hydrogen-bond acceptors (Lipinski definition) is 5. The Morgan fingerprint density at radius 1 is 1.00 bits per heavy atom. The zero-order chi connectivity index (χ0) is 13.2. The van der Waals surface area contributed by atoms with Gasteiger partial charge in [-0.05, 0) is 33.7 Å². The van der Waals surface area contributed by atoms with E-state index in [0.717, 1.165) is 32.1 Å². The fourth-order valence-electron chi connectivity index (χ4n) is 2.92. The third-order valence-corrected chi connectivity index (χ3v) is 6.63. The van der Waals surface area contributed by atoms with Crippen LogP contribution in [0.25, 0.3) is 0 Å². The summed E-state index contributed by atoms with van der Waals surface area (Å²) in [7, 11) is -2.54. The maximum absolute atomic E-state index is 6.19. The van der Waals surface area contributed by atoms with Crippen molar-refractivity contribution in [1.29, 1.82) is 0 Å². The fraction of sp³-hybridized carbons (Fsp3) is 1.00. The smallest absolute Gasteiger partial charge is 0.369 e. The third-order valence-electron chi connectivity index (χ3n) is 3.38. The molecule has 106 valence electrons. The van der Waals surface area contributed by atoms with E-state index in [-0.39, 0.29) is 18.3 Å². The Balaban J connectivity index is 2.18. The number of hydrogen-bond donors (Lipinski definition) is 1. The van der Waals surface area contributed by atoms with Gasteiger partial charge >= 0.3 is 8.80 Å². The molecule has 18 heavy (non-hydrogen) atoms. The molecule has 2 bridgehead atoms. The van der Waals surface area contributed by atoms with Crippen molar-refractivity contribution < 1.29 is 13.3 Å². The molecule has 0 aromatic carbocycles. The van der Waals surface area contributed by atoms with Gasteiger partial charge in [-0.1, -0.05) is 0 Å². The van der Waals surface area contributed by atoms with Gasteiger partial charge in [0.05, 0.1) is 18.3 Å². The predicted molar refractivity (Wildman–Crippen MR) is 72.3 cm³/mol. The van der Waals surface area contributed by atoms with Crippen LogP contribution in [0.15, 0.2) is 0 Å². The first-order valence-corrected chi connectivity index (χ1v) is 8.92. The molecule has 3 heterocycles. The summed E-state index contributed by atoms with van der Waals surface area (Å²) < 4.78 is 18.6. The molecule has 0 aromatic rings. The zero-order valence-electron chi connectivity index (χ0n) is 11.7. The summed E-state index contributed by atoms with van der Waals surface area (Å²) in [6.45, 7) is 9.89. The van der Waals surface area contributed by atoms with Gasteiger partial charge in [-0.15, -0.1) is 0 Å². The summed E-state index contributed by atoms with van der Waals surface area (Å²) >= 11 is 0. The lowest BCUT2D eigenvalue weighted by Gasteiger charge is -2.45. The van der Waals surface area contributed by atoms with Gasteiger partial charge in [0.15, 0.2) is 0 Å². The molecule has 3 rings (SSSR count). The van der Waals surface area contributed by atoms with E-state index in [2.05, 4.69) is 25.7 Å². The first-order valence-electron chi connectivity index (χ1n) is 6.99. The second kappa shape index (κ2) is 5.98. The molecule has 0 spiro atoms. The Morgan fingerprint density at radius 2 is 1.44 bits per heavy atom. The Labute approximate surface area is 111 Å². The van der Waals surface area contributed by atoms with Crippen LogP contribution in [0.5, 0.6) is 0 Å². The second-order valence-corrected chi connectivity index (χ2v) is 8.15. The highest BCUT2D eigenvalue weighted by atomic mass is 28.4. The van der Waals surface area contributed by atoms with E-state index in [1.807, 2.05) is 0 Å². The van der Waals surface area contributed by atoms with Crippen molar-refractivity contribution in [2.75, 3.05) is 26.2 Å². The van der Waals surface area contributed by atoms with Gasteiger partial charge in [-0.3, -0.25) is 4.90 Å². The lowest BCUT2D eigenvalue weighted by atomic mass is 10.2. The average molecular weight is 274 g/mol. The van der Waals surface area contributed by atoms with E-state index in [9.17, 15) is 0 Å². The Hall–Kier alpha value is 0.0169. The lowest BCUT2D eigenvalue weighted by molar-refractivity contribution is -0.0790. The van der Waals surface area contributed by atoms with Crippen LogP contribution in [-0.2, 0) is 13.3 Å². The van der Waals surface area contributed by atoms with E-state index >= 15 is 0 Å². The van der Waals surface area contributed by atoms with Crippen LogP contribution in [-0.4, -0.2) is 58.2 Å². The monoisotopic (exact) mass is 274 g/mol. The average Bonchev–Trinajstić information content (AvgIpc) is 2.21. The van der Waals surface area contributed by atoms with E-state index in [0.29, 0.717) is 6.54 Å². The van der Waals surface area contributed by atoms with E-state index in [1.165, 1.54) is 0 Å². The molecular formula is C12H26N2O3Si. The van der Waals surface area contributed by atoms with E-state index in [1.54, 1.807) is 0 Å². The lowest BCUT2D eigenvalue weighted by Crippen LogP contribution is -2.61. The van der Waals surface area contributed by atoms with Crippen LogP contribution >= 0.6 is 0 Å². The second-order valence-electron chi connectivity index (χ2n) is 5.58. The van der Waals surface area contributed by atoms with Gasteiger partial charge < -0.3 is 19.0 Å². The minimum Gasteiger partial charge on any atom is -0.369 e. The van der Waals surface area contributed by atoms with Gasteiger partial charge in [0.25, 0.3) is 0 Å². The van der Waals surface area contributed by atoms with Crippen molar-refractivity contribution in [2.45, 2.75) is 51.5 Å². The van der Waals surface area contributed by atoms with Gasteiger partial charge in [0, 0.05) is 25.7 Å². The van der Waals surface area contributed by atoms with Crippen LogP contribution < -0.4 is 5.73 Å². The summed E-state index contributed by atoms with van der Waals surface area (Å²) in [5.41, 5.74) is 5.63. The standard InChI is InChI=1S/C12H26N2O3Si/c1-10-7-14-8-11(2)16-18(15-10,6-4-5-13)17-12(3)9-14/h10-12H,4-9,13H2,1-3H3/t10-,11-,12-/m1/s1. The minimum absolute atomic E-state index is 0.175. The molecule has 6 heteroatoms. The van der Waals surface area contributed by atoms with Gasteiger partial charge in [-0.25, -0.2) is 0 Å². The number of nitrogens with zero attached hydrogens (tertiary/aromatic N) is 1. The molecule has 3 saturated heterocycles. The molecule has 3 aliphatic rings. The highest BCUT2D eigenvalue weighted by molar-refractivity contribution is 6.60. The fourth-order valence-corrected chi connectivity index (χ4v) is 6.14. The Morgan fingerprint density at radius 3 is 1.83 bits per heavy atom. The van der Waals surface area contributed by atoms with Crippen LogP contribution in [0.4, 0.5) is 0 Å². The molecule has 0 saturated carbocycles. The van der Waals surface area contributed by atoms with E-state index in [4.69, 9.17) is 19.0 Å². The van der Waals surface area contributed by atoms with E-state index < -0.39 is 8.80 Å². The maximum Gasteiger partial charge on any atom is 0.501 e. The summed E-state index contributed by atoms with van der Waals surface area (Å²) in [6.07, 6.45) is 1.43. The number of fused-ring (bicyclic) bond motifs is 6. The third kappa shape index (κ3) is 3.52. The highest BCUT2D eigenvalue weighted by Gasteiger charge is 2.48. The molecule has 3 aliphatic heterocycles. The molecular weight excluding hydrogens is 248 g/mol. The largest absolute Gasteiger partial charge is 0.501 e. The topological polar surface area (TPSA) is 57.0 Å². The predicted octanol–water partition coefficient (Wildman–Crippen LogP) is 0.819. The molecule has 2 N–H and O–H groups in total. The molecule has 0 aromatic heterocycles. The minimum atomic E-state index is -2.54. The maximum atomic E-state index is 6.19. The Bertz CT molecular complexity index is 244. The van der Waals surface area contributed by atoms with Gasteiger partial charge in [0.2, 0.25) is 0 Å². The summed E-state index contributed by atoms with van der Waals surface area (Å²) in [6, 6.07) is 0.836. The van der Waals surface area contributed by atoms with Crippen molar-refractivity contribution in [3.8, 4) is 0 Å². The Kier molecular flexibility index (Phi) is 4.79. The van der Waals surface area contributed by atoms with Crippen LogP contribution in [0.1, 0.15) is 27.2 Å². The summed E-state index contributed by atoms with van der Waals surface area (Å²) in [4.78, 5) is 2.38. The molecule has 5 nitrogen and oxygen atoms in total. The molecule has 0 radical (unpaired) electrons. The van der Waals surface area contributed by atoms with Crippen molar-refractivity contribution in [2.24, 2.45) is 5.73 Å². The van der Waals surface area contributed by atoms with Crippen LogP contribution in [0, 0.1) is 0 Å². The molecule has 0 aliphatic carbocycles. The van der Waals surface area contributed by atoms with Gasteiger partial charge in [0.1, 0.15) is 0 Å². The van der Waals surface area contributed by atoms with Crippen LogP contribution in [0.2, 0.25) is 6.04 Å². The molecule has 3 atom stereocenters. The van der Waals surface area contributed by atoms with Crippen molar-refractivity contribution in [1.82, 2.24) is 4.90 Å². The van der Waals surface area contributed by atoms with Crippen molar-refractivity contribution in [3.63, 3.8) is 0 Å². The normalized spacial score (nSPS) is 45.3. The first-order chi connectivity index (χ1) is 8.53. The van der Waals surface area contributed by atoms with Crippen molar-refractivity contribution >= 4 is 8.80 Å². The van der Waals surface area contributed by atoms with Crippen molar-refractivity contribution in [3.05, 3.63) is 0 Å². The zero-order valence-corrected chi connectivity index (χ0v) is 12.7. The highest BCUT2D eigenvalue weighted by Crippen LogP contribution is 2.28. The summed E-state index contributed by atoms with van der Waals surface area (Å²) in [5.74, 6) is 0. The number of rotatable bonds is 3. The number of nitrogens with two attached hydrogens (primary N) is 1. The SMILES string of the molecule is C[C@@H]1CN2C[C@@H](C)O[Si](CCCN)(O1)O[C@H](C)C2. The van der Waals surface area contributed by atoms with Gasteiger partial charge in [-0.2, -0.15) is 0 Å². The molecule has 3 fully saturated rings. The quantitative estimate of drug-likeness (QED) is 0.772. The molecule has 0 amide bonds. The molecule has 0 unspecified atom stereocenters. The van der Waals surface area contributed by atoms with Crippen LogP contribution in [0.3, 0.4) is 0 Å². The first kappa shape index (κ1) is 14.4. The summed E-state index contributed by atoms with van der Waals surface area (Å²) in [5, 5.41) is 0.